The molecular formula is C11H19N3O2. The second kappa shape index (κ2) is 7.00. The highest BCUT2D eigenvalue weighted by Gasteiger charge is 2.09. The molecule has 0 saturated carbocycles. The molecule has 0 bridgehead atoms. The van der Waals surface area contributed by atoms with Gasteiger partial charge in [0.2, 0.25) is 0 Å². The van der Waals surface area contributed by atoms with E-state index in [1.54, 1.807) is 0 Å². The first-order chi connectivity index (χ1) is 7.75. The Kier molecular flexibility index (Phi) is 5.56. The van der Waals surface area contributed by atoms with Gasteiger partial charge in [-0.05, 0) is 19.8 Å². The van der Waals surface area contributed by atoms with Crippen molar-refractivity contribution in [2.24, 2.45) is 0 Å². The van der Waals surface area contributed by atoms with Gasteiger partial charge >= 0.3 is 0 Å². The molecule has 0 radical (unpaired) electrons. The van der Waals surface area contributed by atoms with E-state index in [1.165, 1.54) is 6.20 Å². The zero-order chi connectivity index (χ0) is 11.8. The monoisotopic (exact) mass is 225 g/mol. The van der Waals surface area contributed by atoms with Crippen molar-refractivity contribution in [2.45, 2.75) is 32.6 Å². The van der Waals surface area contributed by atoms with E-state index >= 15 is 0 Å². The number of carbonyl (C=O) groups excluding carboxylic acids is 1. The van der Waals surface area contributed by atoms with Crippen LogP contribution >= 0.6 is 0 Å². The van der Waals surface area contributed by atoms with E-state index in [4.69, 9.17) is 5.11 Å². The summed E-state index contributed by atoms with van der Waals surface area (Å²) in [5, 5.41) is 18.0. The van der Waals surface area contributed by atoms with Gasteiger partial charge in [-0.3, -0.25) is 9.89 Å². The lowest BCUT2D eigenvalue weighted by molar-refractivity contribution is 0.0952. The SMILES string of the molecule is Cc1[nH]ncc1C(=O)NCCCCCCO. The van der Waals surface area contributed by atoms with Crippen molar-refractivity contribution in [3.8, 4) is 0 Å². The lowest BCUT2D eigenvalue weighted by Gasteiger charge is -2.03. The Balaban J connectivity index is 2.14. The molecule has 1 heterocycles. The summed E-state index contributed by atoms with van der Waals surface area (Å²) in [5.74, 6) is -0.0755. The van der Waals surface area contributed by atoms with Crippen molar-refractivity contribution in [1.82, 2.24) is 15.5 Å². The van der Waals surface area contributed by atoms with Gasteiger partial charge in [0.05, 0.1) is 11.8 Å². The number of amides is 1. The first-order valence-electron chi connectivity index (χ1n) is 5.64. The summed E-state index contributed by atoms with van der Waals surface area (Å²) in [7, 11) is 0. The fourth-order valence-electron chi connectivity index (χ4n) is 1.47. The van der Waals surface area contributed by atoms with Crippen LogP contribution in [0, 0.1) is 6.92 Å². The molecule has 0 atom stereocenters. The van der Waals surface area contributed by atoms with Crippen LogP contribution in [0.2, 0.25) is 0 Å². The summed E-state index contributed by atoms with van der Waals surface area (Å²) < 4.78 is 0. The van der Waals surface area contributed by atoms with E-state index in [0.29, 0.717) is 12.1 Å². The number of aliphatic hydroxyl groups excluding tert-OH is 1. The molecule has 5 heteroatoms. The molecule has 0 aliphatic rings. The second-order valence-corrected chi connectivity index (χ2v) is 3.80. The third kappa shape index (κ3) is 4.02. The zero-order valence-electron chi connectivity index (χ0n) is 9.62. The van der Waals surface area contributed by atoms with Crippen LogP contribution in [0.15, 0.2) is 6.20 Å². The summed E-state index contributed by atoms with van der Waals surface area (Å²) >= 11 is 0. The Morgan fingerprint density at radius 3 is 2.81 bits per heavy atom. The van der Waals surface area contributed by atoms with Crippen LogP contribution in [0.1, 0.15) is 41.7 Å². The van der Waals surface area contributed by atoms with Gasteiger partial charge in [-0.25, -0.2) is 0 Å². The molecule has 0 spiro atoms. The maximum Gasteiger partial charge on any atom is 0.254 e. The molecule has 1 amide bonds. The van der Waals surface area contributed by atoms with Crippen LogP contribution in [0.5, 0.6) is 0 Å². The summed E-state index contributed by atoms with van der Waals surface area (Å²) in [6.07, 6.45) is 5.37. The topological polar surface area (TPSA) is 78.0 Å². The van der Waals surface area contributed by atoms with Gasteiger partial charge in [0.1, 0.15) is 0 Å². The molecule has 3 N–H and O–H groups in total. The summed E-state index contributed by atoms with van der Waals surface area (Å²) in [4.78, 5) is 11.6. The van der Waals surface area contributed by atoms with Gasteiger partial charge < -0.3 is 10.4 Å². The molecule has 90 valence electrons. The standard InChI is InChI=1S/C11H19N3O2/c1-9-10(8-13-14-9)11(16)12-6-4-2-3-5-7-15/h8,15H,2-7H2,1H3,(H,12,16)(H,13,14). The summed E-state index contributed by atoms with van der Waals surface area (Å²) in [6, 6.07) is 0. The van der Waals surface area contributed by atoms with Crippen molar-refractivity contribution in [3.63, 3.8) is 0 Å². The van der Waals surface area contributed by atoms with Crippen molar-refractivity contribution >= 4 is 5.91 Å². The van der Waals surface area contributed by atoms with Gasteiger partial charge in [0.25, 0.3) is 5.91 Å². The van der Waals surface area contributed by atoms with Gasteiger partial charge in [0.15, 0.2) is 0 Å². The molecule has 1 rings (SSSR count). The Hall–Kier alpha value is -1.36. The minimum atomic E-state index is -0.0755. The fourth-order valence-corrected chi connectivity index (χ4v) is 1.47. The lowest BCUT2D eigenvalue weighted by atomic mass is 10.2. The number of nitrogens with one attached hydrogen (secondary N) is 2. The number of carbonyl (C=O) groups is 1. The Labute approximate surface area is 95.3 Å². The van der Waals surface area contributed by atoms with Crippen molar-refractivity contribution < 1.29 is 9.90 Å². The van der Waals surface area contributed by atoms with E-state index in [1.807, 2.05) is 6.92 Å². The molecule has 0 aromatic carbocycles. The first kappa shape index (κ1) is 12.7. The molecule has 5 nitrogen and oxygen atoms in total. The van der Waals surface area contributed by atoms with E-state index < -0.39 is 0 Å². The van der Waals surface area contributed by atoms with Gasteiger partial charge in [-0.2, -0.15) is 5.10 Å². The van der Waals surface area contributed by atoms with Crippen LogP contribution in [-0.4, -0.2) is 34.4 Å². The first-order valence-corrected chi connectivity index (χ1v) is 5.64. The maximum atomic E-state index is 11.6. The molecule has 0 aliphatic heterocycles. The highest BCUT2D eigenvalue weighted by atomic mass is 16.2. The number of hydrogen-bond donors (Lipinski definition) is 3. The quantitative estimate of drug-likeness (QED) is 0.606. The summed E-state index contributed by atoms with van der Waals surface area (Å²) in [5.41, 5.74) is 1.40. The Morgan fingerprint density at radius 1 is 1.44 bits per heavy atom. The number of aromatic nitrogens is 2. The molecule has 0 aliphatic carbocycles. The van der Waals surface area contributed by atoms with E-state index in [9.17, 15) is 4.79 Å². The Morgan fingerprint density at radius 2 is 2.19 bits per heavy atom. The zero-order valence-corrected chi connectivity index (χ0v) is 9.62. The minimum Gasteiger partial charge on any atom is -0.396 e. The van der Waals surface area contributed by atoms with Crippen LogP contribution < -0.4 is 5.32 Å². The largest absolute Gasteiger partial charge is 0.396 e. The van der Waals surface area contributed by atoms with Gasteiger partial charge in [-0.15, -0.1) is 0 Å². The molecule has 16 heavy (non-hydrogen) atoms. The number of aliphatic hydroxyl groups is 1. The van der Waals surface area contributed by atoms with Gasteiger partial charge in [0, 0.05) is 18.8 Å². The average molecular weight is 225 g/mol. The molecule has 0 fully saturated rings. The number of aromatic amines is 1. The predicted octanol–water partition coefficient (Wildman–Crippen LogP) is 1.00. The highest BCUT2D eigenvalue weighted by molar-refractivity contribution is 5.94. The highest BCUT2D eigenvalue weighted by Crippen LogP contribution is 2.02. The summed E-state index contributed by atoms with van der Waals surface area (Å²) in [6.45, 7) is 2.75. The molecule has 1 aromatic rings. The maximum absolute atomic E-state index is 11.6. The fraction of sp³-hybridized carbons (Fsp3) is 0.636. The van der Waals surface area contributed by atoms with Crippen molar-refractivity contribution in [1.29, 1.82) is 0 Å². The molecule has 0 unspecified atom stereocenters. The van der Waals surface area contributed by atoms with Crippen LogP contribution in [0.4, 0.5) is 0 Å². The normalized spacial score (nSPS) is 10.4. The van der Waals surface area contributed by atoms with Crippen molar-refractivity contribution in [2.75, 3.05) is 13.2 Å². The Bertz CT molecular complexity index is 323. The van der Waals surface area contributed by atoms with Crippen LogP contribution in [0.25, 0.3) is 0 Å². The number of nitrogens with zero attached hydrogens (tertiary/aromatic N) is 1. The number of hydrogen-bond acceptors (Lipinski definition) is 3. The smallest absolute Gasteiger partial charge is 0.254 e. The second-order valence-electron chi connectivity index (χ2n) is 3.80. The van der Waals surface area contributed by atoms with Crippen LogP contribution in [-0.2, 0) is 0 Å². The van der Waals surface area contributed by atoms with E-state index in [0.717, 1.165) is 31.4 Å². The minimum absolute atomic E-state index is 0.0755. The third-order valence-electron chi connectivity index (χ3n) is 2.44. The molecular weight excluding hydrogens is 206 g/mol. The number of aryl methyl sites for hydroxylation is 1. The predicted molar refractivity (Wildman–Crippen MR) is 61.2 cm³/mol. The van der Waals surface area contributed by atoms with Crippen LogP contribution in [0.3, 0.4) is 0 Å². The molecule has 1 aromatic heterocycles. The lowest BCUT2D eigenvalue weighted by Crippen LogP contribution is -2.24. The molecule has 0 saturated heterocycles. The number of unbranched alkanes of at least 4 members (excludes halogenated alkanes) is 3. The number of rotatable bonds is 7. The van der Waals surface area contributed by atoms with E-state index in [-0.39, 0.29) is 12.5 Å². The van der Waals surface area contributed by atoms with Gasteiger partial charge in [-0.1, -0.05) is 12.8 Å². The number of H-pyrrole nitrogens is 1. The third-order valence-corrected chi connectivity index (χ3v) is 2.44. The van der Waals surface area contributed by atoms with E-state index in [2.05, 4.69) is 15.5 Å². The average Bonchev–Trinajstić information content (AvgIpc) is 2.69. The van der Waals surface area contributed by atoms with Crippen molar-refractivity contribution in [3.05, 3.63) is 17.5 Å².